The Hall–Kier alpha value is -0.740. The lowest BCUT2D eigenvalue weighted by Crippen LogP contribution is -2.47. The van der Waals surface area contributed by atoms with Crippen LogP contribution in [0.15, 0.2) is 0 Å². The number of carbonyl (C=O) groups excluding carboxylic acids is 2. The van der Waals surface area contributed by atoms with Gasteiger partial charge >= 0.3 is 0 Å². The summed E-state index contributed by atoms with van der Waals surface area (Å²) in [6, 6.07) is 0. The molecule has 0 saturated carbocycles. The second kappa shape index (κ2) is 10.1. The molecule has 0 spiro atoms. The quantitative estimate of drug-likeness (QED) is 0.551. The van der Waals surface area contributed by atoms with Crippen LogP contribution in [0.1, 0.15) is 73.6 Å². The number of rotatable bonds is 12. The Bertz CT molecular complexity index is 327. The van der Waals surface area contributed by atoms with Crippen LogP contribution in [0.2, 0.25) is 0 Å². The van der Waals surface area contributed by atoms with Crippen LogP contribution in [0, 0.1) is 0 Å². The molecule has 0 aromatic carbocycles. The zero-order valence-electron chi connectivity index (χ0n) is 14.5. The fourth-order valence-electron chi connectivity index (χ4n) is 1.98. The van der Waals surface area contributed by atoms with Gasteiger partial charge in [0.15, 0.2) is 11.6 Å². The second-order valence-corrected chi connectivity index (χ2v) is 5.93. The maximum Gasteiger partial charge on any atom is 0.192 e. The molecule has 0 rings (SSSR count). The number of unbranched alkanes of at least 4 members (excludes halogenated alkanes) is 1. The summed E-state index contributed by atoms with van der Waals surface area (Å²) in [5.41, 5.74) is -0.947. The Labute approximate surface area is 129 Å². The molecular weight excluding hydrogens is 268 g/mol. The molecule has 0 aliphatic heterocycles. The molecule has 4 heteroatoms. The molecule has 0 saturated heterocycles. The van der Waals surface area contributed by atoms with Gasteiger partial charge in [0.05, 0.1) is 6.10 Å². The van der Waals surface area contributed by atoms with E-state index >= 15 is 0 Å². The summed E-state index contributed by atoms with van der Waals surface area (Å²) in [5.74, 6) is -0.115. The van der Waals surface area contributed by atoms with Crippen LogP contribution in [-0.4, -0.2) is 36.0 Å². The molecule has 0 aromatic rings. The fraction of sp³-hybridized carbons (Fsp3) is 0.882. The lowest BCUT2D eigenvalue weighted by atomic mass is 9.91. The van der Waals surface area contributed by atoms with Gasteiger partial charge in [-0.05, 0) is 40.0 Å². The van der Waals surface area contributed by atoms with Crippen molar-refractivity contribution in [2.45, 2.75) is 91.5 Å². The van der Waals surface area contributed by atoms with Gasteiger partial charge in [-0.25, -0.2) is 0 Å². The first-order chi connectivity index (χ1) is 9.80. The van der Waals surface area contributed by atoms with E-state index in [1.165, 1.54) is 6.92 Å². The molecule has 3 atom stereocenters. The number of ether oxygens (including phenoxy) is 2. The van der Waals surface area contributed by atoms with Crippen LogP contribution in [0.25, 0.3) is 0 Å². The number of hydrogen-bond acceptors (Lipinski definition) is 4. The maximum atomic E-state index is 12.8. The smallest absolute Gasteiger partial charge is 0.192 e. The zero-order valence-corrected chi connectivity index (χ0v) is 14.5. The monoisotopic (exact) mass is 300 g/mol. The predicted molar refractivity (Wildman–Crippen MR) is 84.5 cm³/mol. The van der Waals surface area contributed by atoms with Crippen molar-refractivity contribution in [3.8, 4) is 0 Å². The number of Topliss-reactive ketones (excluding diaryl/α,β-unsaturated/α-hetero) is 2. The van der Waals surface area contributed by atoms with E-state index in [-0.39, 0.29) is 24.3 Å². The fourth-order valence-corrected chi connectivity index (χ4v) is 1.98. The Balaban J connectivity index is 4.96. The van der Waals surface area contributed by atoms with Crippen LogP contribution >= 0.6 is 0 Å². The molecule has 0 radical (unpaired) electrons. The van der Waals surface area contributed by atoms with Crippen molar-refractivity contribution in [3.63, 3.8) is 0 Å². The first-order valence-electron chi connectivity index (χ1n) is 8.13. The zero-order chi connectivity index (χ0) is 16.5. The van der Waals surface area contributed by atoms with Crippen molar-refractivity contribution < 1.29 is 19.1 Å². The molecule has 0 heterocycles. The topological polar surface area (TPSA) is 52.6 Å². The minimum absolute atomic E-state index is 0.0279. The minimum Gasteiger partial charge on any atom is -0.367 e. The van der Waals surface area contributed by atoms with Crippen molar-refractivity contribution in [2.75, 3.05) is 6.61 Å². The predicted octanol–water partition coefficient (Wildman–Crippen LogP) is 3.70. The van der Waals surface area contributed by atoms with Crippen molar-refractivity contribution in [2.24, 2.45) is 0 Å². The van der Waals surface area contributed by atoms with E-state index in [0.717, 1.165) is 19.3 Å². The van der Waals surface area contributed by atoms with Gasteiger partial charge in [-0.3, -0.25) is 9.59 Å². The molecule has 0 N–H and O–H groups in total. The molecule has 124 valence electrons. The van der Waals surface area contributed by atoms with Crippen LogP contribution < -0.4 is 0 Å². The highest BCUT2D eigenvalue weighted by Gasteiger charge is 2.38. The summed E-state index contributed by atoms with van der Waals surface area (Å²) in [6.07, 6.45) is 3.67. The minimum atomic E-state index is -0.947. The summed E-state index contributed by atoms with van der Waals surface area (Å²) in [5, 5.41) is 0. The van der Waals surface area contributed by atoms with Gasteiger partial charge in [0.1, 0.15) is 18.3 Å². The molecule has 0 fully saturated rings. The van der Waals surface area contributed by atoms with Crippen LogP contribution in [0.4, 0.5) is 0 Å². The lowest BCUT2D eigenvalue weighted by molar-refractivity contribution is -0.160. The van der Waals surface area contributed by atoms with Crippen molar-refractivity contribution in [3.05, 3.63) is 0 Å². The Morgan fingerprint density at radius 1 is 1.19 bits per heavy atom. The highest BCUT2D eigenvalue weighted by molar-refractivity contribution is 5.91. The largest absolute Gasteiger partial charge is 0.367 e. The molecule has 0 amide bonds. The Morgan fingerprint density at radius 2 is 1.81 bits per heavy atom. The van der Waals surface area contributed by atoms with E-state index in [1.54, 1.807) is 6.92 Å². The van der Waals surface area contributed by atoms with Gasteiger partial charge in [-0.2, -0.15) is 0 Å². The molecule has 21 heavy (non-hydrogen) atoms. The molecule has 4 nitrogen and oxygen atoms in total. The molecule has 0 aliphatic rings. The summed E-state index contributed by atoms with van der Waals surface area (Å²) in [7, 11) is 0. The molecule has 0 bridgehead atoms. The average molecular weight is 300 g/mol. The molecule has 0 aromatic heterocycles. The van der Waals surface area contributed by atoms with Gasteiger partial charge in [0.2, 0.25) is 0 Å². The van der Waals surface area contributed by atoms with Crippen LogP contribution in [-0.2, 0) is 19.1 Å². The Morgan fingerprint density at radius 3 is 2.24 bits per heavy atom. The molecule has 3 unspecified atom stereocenters. The third kappa shape index (κ3) is 7.18. The second-order valence-electron chi connectivity index (χ2n) is 5.93. The van der Waals surface area contributed by atoms with E-state index in [0.29, 0.717) is 12.8 Å². The van der Waals surface area contributed by atoms with Crippen molar-refractivity contribution in [1.29, 1.82) is 0 Å². The summed E-state index contributed by atoms with van der Waals surface area (Å²) in [6.45, 7) is 11.2. The lowest BCUT2D eigenvalue weighted by Gasteiger charge is -2.32. The van der Waals surface area contributed by atoms with Gasteiger partial charge < -0.3 is 9.47 Å². The van der Waals surface area contributed by atoms with Crippen molar-refractivity contribution in [1.82, 2.24) is 0 Å². The van der Waals surface area contributed by atoms with E-state index < -0.39 is 11.7 Å². The van der Waals surface area contributed by atoms with Gasteiger partial charge in [-0.1, -0.05) is 33.6 Å². The number of carbonyl (C=O) groups is 2. The van der Waals surface area contributed by atoms with Gasteiger partial charge in [0, 0.05) is 0 Å². The van der Waals surface area contributed by atoms with Gasteiger partial charge in [0.25, 0.3) is 0 Å². The summed E-state index contributed by atoms with van der Waals surface area (Å²) in [4.78, 5) is 23.9. The summed E-state index contributed by atoms with van der Waals surface area (Å²) >= 11 is 0. The number of ketones is 2. The molecule has 0 aliphatic carbocycles. The Kier molecular flexibility index (Phi) is 9.71. The van der Waals surface area contributed by atoms with Crippen molar-refractivity contribution >= 4 is 11.6 Å². The van der Waals surface area contributed by atoms with Crippen LogP contribution in [0.5, 0.6) is 0 Å². The maximum absolute atomic E-state index is 12.8. The van der Waals surface area contributed by atoms with E-state index in [4.69, 9.17) is 9.47 Å². The third-order valence-electron chi connectivity index (χ3n) is 3.87. The first-order valence-corrected chi connectivity index (χ1v) is 8.13. The standard InChI is InChI=1S/C17H32O4/c1-7-10-11-15(21-14(5)8-2)16(19)17(6,9-3)20-12-13(4)18/h14-15H,7-12H2,1-6H3. The van der Waals surface area contributed by atoms with Gasteiger partial charge in [-0.15, -0.1) is 0 Å². The highest BCUT2D eigenvalue weighted by atomic mass is 16.5. The third-order valence-corrected chi connectivity index (χ3v) is 3.87. The van der Waals surface area contributed by atoms with Crippen LogP contribution in [0.3, 0.4) is 0 Å². The van der Waals surface area contributed by atoms with E-state index in [1.807, 2.05) is 20.8 Å². The normalized spacial score (nSPS) is 17.0. The van der Waals surface area contributed by atoms with E-state index in [9.17, 15) is 9.59 Å². The first kappa shape index (κ1) is 20.3. The SMILES string of the molecule is CCCCC(OC(C)CC)C(=O)C(C)(CC)OCC(C)=O. The molecular formula is C17H32O4. The summed E-state index contributed by atoms with van der Waals surface area (Å²) < 4.78 is 11.5. The van der Waals surface area contributed by atoms with E-state index in [2.05, 4.69) is 6.92 Å². The highest BCUT2D eigenvalue weighted by Crippen LogP contribution is 2.23. The average Bonchev–Trinajstić information content (AvgIpc) is 2.47. The number of hydrogen-bond donors (Lipinski definition) is 0.